The van der Waals surface area contributed by atoms with Crippen LogP contribution < -0.4 is 9.64 Å². The van der Waals surface area contributed by atoms with Gasteiger partial charge in [-0.25, -0.2) is 19.5 Å². The molecule has 0 radical (unpaired) electrons. The summed E-state index contributed by atoms with van der Waals surface area (Å²) in [6, 6.07) is 0.490. The number of aromatic nitrogens is 7. The van der Waals surface area contributed by atoms with E-state index in [-0.39, 0.29) is 12.0 Å². The largest absolute Gasteiger partial charge is 0.461 e. The smallest absolute Gasteiger partial charge is 0.328 e. The molecule has 5 heterocycles. The lowest BCUT2D eigenvalue weighted by Gasteiger charge is -2.21. The molecule has 0 fully saturated rings. The molecule has 0 N–H and O–H groups in total. The van der Waals surface area contributed by atoms with Crippen LogP contribution >= 0.6 is 23.1 Å². The average molecular weight is 483 g/mol. The lowest BCUT2D eigenvalue weighted by Crippen LogP contribution is -2.23. The first kappa shape index (κ1) is 21.6. The Balaban J connectivity index is 1.23. The molecule has 0 aliphatic carbocycles. The van der Waals surface area contributed by atoms with Crippen LogP contribution in [0.2, 0.25) is 0 Å². The SMILES string of the molecule is CSc1ncc(-c2cn3nc(OC(C)C4=CCN(c5nc(C(C)C)no5)C=C4)sc3n2)cn1. The fraction of sp³-hybridized carbons (Fsp3) is 0.333. The zero-order valence-electron chi connectivity index (χ0n) is 18.5. The van der Waals surface area contributed by atoms with E-state index in [9.17, 15) is 0 Å². The number of thioether (sulfide) groups is 1. The van der Waals surface area contributed by atoms with Gasteiger partial charge in [0.15, 0.2) is 11.0 Å². The zero-order chi connectivity index (χ0) is 22.9. The predicted octanol–water partition coefficient (Wildman–Crippen LogP) is 4.20. The summed E-state index contributed by atoms with van der Waals surface area (Å²) in [5.41, 5.74) is 2.68. The third-order valence-electron chi connectivity index (χ3n) is 5.04. The van der Waals surface area contributed by atoms with Crippen LogP contribution in [0.4, 0.5) is 6.01 Å². The second-order valence-electron chi connectivity index (χ2n) is 7.70. The molecular formula is C21H22N8O2S2. The first-order chi connectivity index (χ1) is 16.0. The van der Waals surface area contributed by atoms with Crippen molar-refractivity contribution in [2.75, 3.05) is 17.7 Å². The highest BCUT2D eigenvalue weighted by Crippen LogP contribution is 2.28. The van der Waals surface area contributed by atoms with Crippen LogP contribution in [0.5, 0.6) is 5.19 Å². The summed E-state index contributed by atoms with van der Waals surface area (Å²) in [7, 11) is 0. The molecule has 1 aliphatic rings. The molecular weight excluding hydrogens is 460 g/mol. The summed E-state index contributed by atoms with van der Waals surface area (Å²) in [4.78, 5) is 20.3. The van der Waals surface area contributed by atoms with E-state index < -0.39 is 0 Å². The van der Waals surface area contributed by atoms with Gasteiger partial charge < -0.3 is 9.26 Å². The van der Waals surface area contributed by atoms with Crippen LogP contribution in [0.25, 0.3) is 16.2 Å². The second kappa shape index (κ2) is 8.94. The number of hydrogen-bond acceptors (Lipinski definition) is 11. The van der Waals surface area contributed by atoms with Crippen LogP contribution in [-0.4, -0.2) is 53.6 Å². The van der Waals surface area contributed by atoms with Crippen molar-refractivity contribution in [2.45, 2.75) is 37.9 Å². The first-order valence-corrected chi connectivity index (χ1v) is 12.4. The fourth-order valence-corrected chi connectivity index (χ4v) is 4.30. The van der Waals surface area contributed by atoms with Crippen LogP contribution in [0.3, 0.4) is 0 Å². The maximum atomic E-state index is 6.08. The topological polar surface area (TPSA) is 107 Å². The molecule has 1 unspecified atom stereocenters. The van der Waals surface area contributed by atoms with Crippen molar-refractivity contribution in [1.82, 2.24) is 34.7 Å². The van der Waals surface area contributed by atoms with Gasteiger partial charge in [-0.1, -0.05) is 36.8 Å². The second-order valence-corrected chi connectivity index (χ2v) is 9.39. The molecule has 12 heteroatoms. The van der Waals surface area contributed by atoms with Crippen molar-refractivity contribution in [3.8, 4) is 16.5 Å². The highest BCUT2D eigenvalue weighted by atomic mass is 32.2. The lowest BCUT2D eigenvalue weighted by molar-refractivity contribution is 0.256. The number of rotatable bonds is 7. The van der Waals surface area contributed by atoms with Gasteiger partial charge in [0.2, 0.25) is 4.96 Å². The molecule has 10 nitrogen and oxygen atoms in total. The Morgan fingerprint density at radius 1 is 1.18 bits per heavy atom. The van der Waals surface area contributed by atoms with Gasteiger partial charge in [0.25, 0.3) is 5.19 Å². The van der Waals surface area contributed by atoms with Gasteiger partial charge in [0.1, 0.15) is 6.10 Å². The average Bonchev–Trinajstić information content (AvgIpc) is 3.54. The third kappa shape index (κ3) is 4.48. The van der Waals surface area contributed by atoms with Gasteiger partial charge in [-0.3, -0.25) is 4.90 Å². The van der Waals surface area contributed by atoms with E-state index in [1.54, 1.807) is 16.9 Å². The normalized spacial score (nSPS) is 14.8. The van der Waals surface area contributed by atoms with Gasteiger partial charge in [0.05, 0.1) is 11.9 Å². The third-order valence-corrected chi connectivity index (χ3v) is 6.43. The Bertz CT molecular complexity index is 1290. The lowest BCUT2D eigenvalue weighted by atomic mass is 10.1. The summed E-state index contributed by atoms with van der Waals surface area (Å²) in [6.45, 7) is 6.69. The van der Waals surface area contributed by atoms with Gasteiger partial charge in [-0.2, -0.15) is 4.98 Å². The molecule has 0 amide bonds. The molecule has 0 aromatic carbocycles. The number of hydrogen-bond donors (Lipinski definition) is 0. The Morgan fingerprint density at radius 2 is 2.00 bits per heavy atom. The van der Waals surface area contributed by atoms with Crippen LogP contribution in [0.1, 0.15) is 32.5 Å². The van der Waals surface area contributed by atoms with Crippen molar-refractivity contribution in [3.63, 3.8) is 0 Å². The molecule has 4 aromatic rings. The van der Waals surface area contributed by atoms with Crippen LogP contribution in [0.15, 0.2) is 52.2 Å². The molecule has 33 heavy (non-hydrogen) atoms. The molecule has 170 valence electrons. The highest BCUT2D eigenvalue weighted by Gasteiger charge is 2.20. The molecule has 1 aliphatic heterocycles. The number of anilines is 1. The molecule has 0 spiro atoms. The zero-order valence-corrected chi connectivity index (χ0v) is 20.2. The van der Waals surface area contributed by atoms with E-state index in [2.05, 4.69) is 36.3 Å². The Hall–Kier alpha value is -3.25. The molecule has 0 saturated carbocycles. The Labute approximate surface area is 198 Å². The van der Waals surface area contributed by atoms with Crippen molar-refractivity contribution >= 4 is 34.1 Å². The maximum Gasteiger partial charge on any atom is 0.328 e. The molecule has 4 aromatic heterocycles. The quantitative estimate of drug-likeness (QED) is 0.281. The highest BCUT2D eigenvalue weighted by molar-refractivity contribution is 7.98. The van der Waals surface area contributed by atoms with Crippen molar-refractivity contribution in [3.05, 3.63) is 48.3 Å². The number of nitrogens with zero attached hydrogens (tertiary/aromatic N) is 8. The van der Waals surface area contributed by atoms with Gasteiger partial charge in [-0.15, -0.1) is 5.10 Å². The van der Waals surface area contributed by atoms with Gasteiger partial charge in [-0.05, 0) is 36.2 Å². The minimum absolute atomic E-state index is 0.167. The summed E-state index contributed by atoms with van der Waals surface area (Å²) in [6.07, 6.45) is 13.2. The minimum atomic E-state index is -0.167. The van der Waals surface area contributed by atoms with Crippen molar-refractivity contribution in [1.29, 1.82) is 0 Å². The molecule has 1 atom stereocenters. The van der Waals surface area contributed by atoms with E-state index in [1.165, 1.54) is 23.1 Å². The number of ether oxygens (including phenoxy) is 1. The summed E-state index contributed by atoms with van der Waals surface area (Å²) >= 11 is 2.90. The molecule has 0 bridgehead atoms. The summed E-state index contributed by atoms with van der Waals surface area (Å²) in [5, 5.41) is 9.83. The predicted molar refractivity (Wildman–Crippen MR) is 127 cm³/mol. The minimum Gasteiger partial charge on any atom is -0.461 e. The monoisotopic (exact) mass is 482 g/mol. The summed E-state index contributed by atoms with van der Waals surface area (Å²) in [5.74, 6) is 0.923. The van der Waals surface area contributed by atoms with E-state index in [0.29, 0.717) is 23.6 Å². The van der Waals surface area contributed by atoms with E-state index in [1.807, 2.05) is 50.4 Å². The number of fused-ring (bicyclic) bond motifs is 1. The maximum absolute atomic E-state index is 6.08. The fourth-order valence-electron chi connectivity index (χ4n) is 3.17. The molecule has 5 rings (SSSR count). The van der Waals surface area contributed by atoms with Crippen molar-refractivity contribution in [2.24, 2.45) is 0 Å². The molecule has 0 saturated heterocycles. The van der Waals surface area contributed by atoms with Crippen LogP contribution in [0, 0.1) is 0 Å². The number of imidazole rings is 1. The van der Waals surface area contributed by atoms with Gasteiger partial charge in [0, 0.05) is 36.6 Å². The standard InChI is InChI=1S/C21H22N8O2S2/c1-12(2)17-25-19(31-27-17)28-7-5-14(6-8-28)13(3)30-21-26-29-11-16(24-20(29)33-21)15-9-22-18(32-4)23-10-15/h5-7,9-13H,8H2,1-4H3. The van der Waals surface area contributed by atoms with Crippen LogP contribution in [-0.2, 0) is 0 Å². The van der Waals surface area contributed by atoms with Gasteiger partial charge >= 0.3 is 6.01 Å². The Kier molecular flexibility index (Phi) is 5.85. The summed E-state index contributed by atoms with van der Waals surface area (Å²) < 4.78 is 13.2. The first-order valence-electron chi connectivity index (χ1n) is 10.4. The Morgan fingerprint density at radius 3 is 2.64 bits per heavy atom. The van der Waals surface area contributed by atoms with Crippen molar-refractivity contribution < 1.29 is 9.26 Å². The van der Waals surface area contributed by atoms with E-state index in [4.69, 9.17) is 9.26 Å². The van der Waals surface area contributed by atoms with E-state index in [0.717, 1.165) is 26.9 Å². The van der Waals surface area contributed by atoms with E-state index >= 15 is 0 Å².